The van der Waals surface area contributed by atoms with Gasteiger partial charge in [0.25, 0.3) is 0 Å². The molecule has 0 unspecified atom stereocenters. The first-order valence-electron chi connectivity index (χ1n) is 8.95. The van der Waals surface area contributed by atoms with Crippen LogP contribution in [-0.2, 0) is 32.2 Å². The number of hydrogen-bond acceptors (Lipinski definition) is 9. The van der Waals surface area contributed by atoms with Crippen LogP contribution >= 0.6 is 0 Å². The van der Waals surface area contributed by atoms with Crippen molar-refractivity contribution < 1.29 is 41.8 Å². The third kappa shape index (κ3) is 13.7. The van der Waals surface area contributed by atoms with Gasteiger partial charge in [0.2, 0.25) is 0 Å². The van der Waals surface area contributed by atoms with Crippen molar-refractivity contribution in [3.8, 4) is 0 Å². The van der Waals surface area contributed by atoms with E-state index in [9.17, 15) is 9.59 Å². The maximum atomic E-state index is 11.5. The lowest BCUT2D eigenvalue weighted by atomic mass is 10.5. The van der Waals surface area contributed by atoms with E-state index in [-0.39, 0.29) is 33.0 Å². The summed E-state index contributed by atoms with van der Waals surface area (Å²) in [5, 5.41) is 5.03. The zero-order valence-corrected chi connectivity index (χ0v) is 18.0. The van der Waals surface area contributed by atoms with Gasteiger partial charge < -0.3 is 42.9 Å². The molecule has 0 fully saturated rings. The molecule has 0 bridgehead atoms. The molecular weight excluding hydrogens is 392 g/mol. The molecule has 1 radical (unpaired) electrons. The highest BCUT2D eigenvalue weighted by Crippen LogP contribution is 2.14. The first-order valence-corrected chi connectivity index (χ1v) is 10.9. The number of alkyl carbamates (subject to hydrolysis) is 2. The number of carbonyl (C=O) groups is 2. The molecule has 0 atom stereocenters. The largest absolute Gasteiger partial charge is 0.500 e. The summed E-state index contributed by atoms with van der Waals surface area (Å²) >= 11 is 0. The summed E-state index contributed by atoms with van der Waals surface area (Å²) < 4.78 is 36.1. The molecule has 0 aliphatic carbocycles. The summed E-state index contributed by atoms with van der Waals surface area (Å²) in [6.45, 7) is 5.65. The van der Waals surface area contributed by atoms with Crippen LogP contribution in [0.1, 0.15) is 6.42 Å². The first kappa shape index (κ1) is 26.6. The molecule has 0 aromatic rings. The quantitative estimate of drug-likeness (QED) is 0.254. The predicted molar refractivity (Wildman–Crippen MR) is 102 cm³/mol. The Balaban J connectivity index is 3.45. The van der Waals surface area contributed by atoms with E-state index in [2.05, 4.69) is 17.6 Å². The lowest BCUT2D eigenvalue weighted by Crippen LogP contribution is -2.43. The van der Waals surface area contributed by atoms with Crippen LogP contribution in [0.15, 0.2) is 0 Å². The molecule has 11 nitrogen and oxygen atoms in total. The highest BCUT2D eigenvalue weighted by Gasteiger charge is 2.36. The van der Waals surface area contributed by atoms with Crippen molar-refractivity contribution in [1.82, 2.24) is 10.6 Å². The molecule has 2 N–H and O–H groups in total. The third-order valence-corrected chi connectivity index (χ3v) is 6.26. The fourth-order valence-corrected chi connectivity index (χ4v) is 3.69. The van der Waals surface area contributed by atoms with Gasteiger partial charge in [-0.05, 0) is 13.3 Å². The highest BCUT2D eigenvalue weighted by molar-refractivity contribution is 6.60. The highest BCUT2D eigenvalue weighted by atomic mass is 28.4. The average molecular weight is 426 g/mol. The van der Waals surface area contributed by atoms with Crippen molar-refractivity contribution in [3.05, 3.63) is 6.92 Å². The Morgan fingerprint density at radius 2 is 1.25 bits per heavy atom. The minimum absolute atomic E-state index is 0.132. The fraction of sp³-hybridized carbons (Fsp3) is 0.812. The van der Waals surface area contributed by atoms with E-state index in [0.29, 0.717) is 32.2 Å². The van der Waals surface area contributed by atoms with Gasteiger partial charge >= 0.3 is 21.0 Å². The number of rotatable bonds is 17. The van der Waals surface area contributed by atoms with Crippen molar-refractivity contribution in [2.75, 3.05) is 74.1 Å². The second-order valence-corrected chi connectivity index (χ2v) is 8.34. The van der Waals surface area contributed by atoms with Gasteiger partial charge in [-0.1, -0.05) is 0 Å². The molecule has 12 heteroatoms. The minimum Gasteiger partial charge on any atom is -0.447 e. The number of hydrogen-bond donors (Lipinski definition) is 2. The summed E-state index contributed by atoms with van der Waals surface area (Å²) in [6.07, 6.45) is -0.398. The Hall–Kier alpha value is -1.44. The summed E-state index contributed by atoms with van der Waals surface area (Å²) in [7, 11) is 2.03. The Labute approximate surface area is 167 Å². The molecule has 165 valence electrons. The smallest absolute Gasteiger partial charge is 0.447 e. The molecule has 28 heavy (non-hydrogen) atoms. The van der Waals surface area contributed by atoms with E-state index >= 15 is 0 Å². The van der Waals surface area contributed by atoms with Crippen LogP contribution in [0.2, 0.25) is 6.04 Å². The fourth-order valence-electron chi connectivity index (χ4n) is 1.96. The second-order valence-electron chi connectivity index (χ2n) is 5.25. The second kappa shape index (κ2) is 17.6. The van der Waals surface area contributed by atoms with Gasteiger partial charge in [-0.3, -0.25) is 0 Å². The molecule has 0 aliphatic heterocycles. The monoisotopic (exact) mass is 425 g/mol. The van der Waals surface area contributed by atoms with E-state index < -0.39 is 21.0 Å². The summed E-state index contributed by atoms with van der Waals surface area (Å²) in [5.41, 5.74) is 0. The molecule has 0 saturated heterocycles. The topological polar surface area (TPSA) is 123 Å². The Morgan fingerprint density at radius 3 is 1.71 bits per heavy atom. The van der Waals surface area contributed by atoms with Crippen molar-refractivity contribution in [2.24, 2.45) is 0 Å². The standard InChI is InChI=1S/C16H33N2O9Si/c1-5-17-15(19)26-12-10-24-8-9-25-11-13-27-16(20)18-7-6-14-28(21-2,22-3)23-4/h1,5-14H2,2-4H3,(H,17,19)(H,18,20). The lowest BCUT2D eigenvalue weighted by Gasteiger charge is -2.24. The van der Waals surface area contributed by atoms with Gasteiger partial charge in [0.05, 0.1) is 26.4 Å². The van der Waals surface area contributed by atoms with Gasteiger partial charge in [0, 0.05) is 40.5 Å². The predicted octanol–water partition coefficient (Wildman–Crippen LogP) is 0.574. The van der Waals surface area contributed by atoms with Crippen LogP contribution in [0.4, 0.5) is 9.59 Å². The van der Waals surface area contributed by atoms with E-state index in [1.807, 2.05) is 0 Å². The van der Waals surface area contributed by atoms with E-state index in [1.165, 1.54) is 0 Å². The van der Waals surface area contributed by atoms with Gasteiger partial charge in [0.1, 0.15) is 13.2 Å². The summed E-state index contributed by atoms with van der Waals surface area (Å²) in [5.74, 6) is 0. The number of ether oxygens (including phenoxy) is 4. The zero-order valence-electron chi connectivity index (χ0n) is 17.0. The van der Waals surface area contributed by atoms with Crippen LogP contribution in [0.25, 0.3) is 0 Å². The molecule has 0 aromatic heterocycles. The third-order valence-electron chi connectivity index (χ3n) is 3.43. The number of amides is 2. The molecule has 0 spiro atoms. The van der Waals surface area contributed by atoms with Gasteiger partial charge in [-0.15, -0.1) is 0 Å². The van der Waals surface area contributed by atoms with E-state index in [0.717, 1.165) is 0 Å². The van der Waals surface area contributed by atoms with Crippen molar-refractivity contribution in [1.29, 1.82) is 0 Å². The van der Waals surface area contributed by atoms with Crippen molar-refractivity contribution >= 4 is 21.0 Å². The number of nitrogens with one attached hydrogen (secondary N) is 2. The van der Waals surface area contributed by atoms with Crippen LogP contribution in [0.3, 0.4) is 0 Å². The van der Waals surface area contributed by atoms with E-state index in [4.69, 9.17) is 32.2 Å². The Kier molecular flexibility index (Phi) is 16.7. The molecule has 0 aromatic carbocycles. The molecule has 0 rings (SSSR count). The minimum atomic E-state index is -2.61. The van der Waals surface area contributed by atoms with Crippen LogP contribution < -0.4 is 10.6 Å². The Bertz CT molecular complexity index is 403. The SMILES string of the molecule is [CH2]CNC(=O)OCCOCCOCCOC(=O)NCCC[Si](OC)(OC)OC. The maximum Gasteiger partial charge on any atom is 0.500 e. The summed E-state index contributed by atoms with van der Waals surface area (Å²) in [4.78, 5) is 22.5. The van der Waals surface area contributed by atoms with Crippen molar-refractivity contribution in [3.63, 3.8) is 0 Å². The molecule has 2 amide bonds. The van der Waals surface area contributed by atoms with Gasteiger partial charge in [-0.25, -0.2) is 9.59 Å². The Morgan fingerprint density at radius 1 is 0.786 bits per heavy atom. The molecule has 0 aliphatic rings. The van der Waals surface area contributed by atoms with Gasteiger partial charge in [0.15, 0.2) is 0 Å². The van der Waals surface area contributed by atoms with Gasteiger partial charge in [-0.2, -0.15) is 0 Å². The van der Waals surface area contributed by atoms with Crippen LogP contribution in [0, 0.1) is 6.92 Å². The number of carbonyl (C=O) groups excluding carboxylic acids is 2. The molecular formula is C16H33N2O9Si. The van der Waals surface area contributed by atoms with Crippen molar-refractivity contribution in [2.45, 2.75) is 12.5 Å². The molecule has 0 heterocycles. The van der Waals surface area contributed by atoms with Crippen LogP contribution in [-0.4, -0.2) is 95.1 Å². The molecule has 0 saturated carbocycles. The first-order chi connectivity index (χ1) is 13.5. The summed E-state index contributed by atoms with van der Waals surface area (Å²) in [6, 6.07) is 0.589. The van der Waals surface area contributed by atoms with E-state index in [1.54, 1.807) is 21.3 Å². The average Bonchev–Trinajstić information content (AvgIpc) is 2.70. The maximum absolute atomic E-state index is 11.5. The van der Waals surface area contributed by atoms with Crippen LogP contribution in [0.5, 0.6) is 0 Å². The lowest BCUT2D eigenvalue weighted by molar-refractivity contribution is 0.0156. The normalized spacial score (nSPS) is 11.1. The zero-order chi connectivity index (χ0) is 21.1.